The van der Waals surface area contributed by atoms with Gasteiger partial charge < -0.3 is 15.0 Å². The Hall–Kier alpha value is -1.31. The Morgan fingerprint density at radius 3 is 2.43 bits per heavy atom. The Morgan fingerprint density at radius 1 is 1.30 bits per heavy atom. The lowest BCUT2D eigenvalue weighted by molar-refractivity contribution is 0.0600. The van der Waals surface area contributed by atoms with Crippen LogP contribution in [0.4, 0.5) is 0 Å². The Bertz CT molecular complexity index is 523. The molecule has 0 amide bonds. The number of ether oxygens (including phenoxy) is 1. The minimum Gasteiger partial charge on any atom is -0.465 e. The van der Waals surface area contributed by atoms with Gasteiger partial charge in [-0.3, -0.25) is 4.99 Å². The van der Waals surface area contributed by atoms with Gasteiger partial charge >= 0.3 is 5.97 Å². The second-order valence-electron chi connectivity index (χ2n) is 5.76. The van der Waals surface area contributed by atoms with Crippen molar-refractivity contribution in [3.8, 4) is 0 Å². The van der Waals surface area contributed by atoms with Crippen LogP contribution in [0.5, 0.6) is 0 Å². The molecule has 1 aliphatic rings. The molecule has 23 heavy (non-hydrogen) atoms. The van der Waals surface area contributed by atoms with E-state index in [4.69, 9.17) is 4.74 Å². The van der Waals surface area contributed by atoms with E-state index < -0.39 is 0 Å². The second kappa shape index (κ2) is 9.75. The standard InChI is InChI=1S/C17H25N3O2.HI/c1-13-8-10-20(11-9-13)17(18-2)19-12-14-4-6-15(7-5-14)16(21)22-3;/h4-7,13H,8-12H2,1-3H3,(H,18,19);1H. The molecule has 0 aliphatic carbocycles. The number of halogens is 1. The fourth-order valence-electron chi connectivity index (χ4n) is 2.61. The summed E-state index contributed by atoms with van der Waals surface area (Å²) in [4.78, 5) is 18.1. The number of carbonyl (C=O) groups excluding carboxylic acids is 1. The number of aliphatic imine (C=N–C) groups is 1. The molecular formula is C17H26IN3O2. The zero-order chi connectivity index (χ0) is 15.9. The number of hydrogen-bond acceptors (Lipinski definition) is 3. The van der Waals surface area contributed by atoms with E-state index in [-0.39, 0.29) is 29.9 Å². The molecule has 0 spiro atoms. The van der Waals surface area contributed by atoms with Crippen molar-refractivity contribution in [1.82, 2.24) is 10.2 Å². The van der Waals surface area contributed by atoms with E-state index in [9.17, 15) is 4.79 Å². The highest BCUT2D eigenvalue weighted by atomic mass is 127. The normalized spacial score (nSPS) is 15.8. The first-order valence-corrected chi connectivity index (χ1v) is 7.77. The third-order valence-corrected chi connectivity index (χ3v) is 4.12. The molecule has 1 aromatic rings. The van der Waals surface area contributed by atoms with Gasteiger partial charge in [0.25, 0.3) is 0 Å². The molecule has 5 nitrogen and oxygen atoms in total. The van der Waals surface area contributed by atoms with Crippen LogP contribution < -0.4 is 5.32 Å². The number of carbonyl (C=O) groups is 1. The van der Waals surface area contributed by atoms with Crippen LogP contribution in [0.2, 0.25) is 0 Å². The fraction of sp³-hybridized carbons (Fsp3) is 0.529. The highest BCUT2D eigenvalue weighted by Crippen LogP contribution is 2.16. The molecule has 1 N–H and O–H groups in total. The first kappa shape index (κ1) is 19.7. The number of guanidine groups is 1. The van der Waals surface area contributed by atoms with E-state index in [1.165, 1.54) is 20.0 Å². The van der Waals surface area contributed by atoms with Gasteiger partial charge in [-0.1, -0.05) is 19.1 Å². The van der Waals surface area contributed by atoms with E-state index in [2.05, 4.69) is 22.1 Å². The summed E-state index contributed by atoms with van der Waals surface area (Å²) in [5.74, 6) is 1.45. The predicted molar refractivity (Wildman–Crippen MR) is 103 cm³/mol. The minimum absolute atomic E-state index is 0. The molecule has 1 aromatic carbocycles. The number of methoxy groups -OCH3 is 1. The zero-order valence-electron chi connectivity index (χ0n) is 14.0. The van der Waals surface area contributed by atoms with Crippen LogP contribution in [0.1, 0.15) is 35.7 Å². The van der Waals surface area contributed by atoms with Gasteiger partial charge in [-0.2, -0.15) is 0 Å². The van der Waals surface area contributed by atoms with Crippen molar-refractivity contribution in [2.75, 3.05) is 27.2 Å². The van der Waals surface area contributed by atoms with Gasteiger partial charge in [-0.05, 0) is 36.5 Å². The average molecular weight is 431 g/mol. The topological polar surface area (TPSA) is 53.9 Å². The second-order valence-corrected chi connectivity index (χ2v) is 5.76. The average Bonchev–Trinajstić information content (AvgIpc) is 2.56. The Kier molecular flexibility index (Phi) is 8.36. The number of hydrogen-bond donors (Lipinski definition) is 1. The molecular weight excluding hydrogens is 405 g/mol. The van der Waals surface area contributed by atoms with Crippen molar-refractivity contribution in [2.45, 2.75) is 26.3 Å². The summed E-state index contributed by atoms with van der Waals surface area (Å²) >= 11 is 0. The highest BCUT2D eigenvalue weighted by Gasteiger charge is 2.18. The van der Waals surface area contributed by atoms with Gasteiger partial charge in [0, 0.05) is 26.7 Å². The maximum absolute atomic E-state index is 11.4. The lowest BCUT2D eigenvalue weighted by atomic mass is 9.99. The van der Waals surface area contributed by atoms with Gasteiger partial charge in [-0.25, -0.2) is 4.79 Å². The van der Waals surface area contributed by atoms with Crippen LogP contribution in [0.25, 0.3) is 0 Å². The van der Waals surface area contributed by atoms with Gasteiger partial charge in [0.15, 0.2) is 5.96 Å². The zero-order valence-corrected chi connectivity index (χ0v) is 16.4. The molecule has 0 aromatic heterocycles. The molecule has 2 rings (SSSR count). The summed E-state index contributed by atoms with van der Waals surface area (Å²) in [6, 6.07) is 7.44. The van der Waals surface area contributed by atoms with Crippen molar-refractivity contribution in [3.63, 3.8) is 0 Å². The van der Waals surface area contributed by atoms with Crippen LogP contribution in [0.15, 0.2) is 29.3 Å². The summed E-state index contributed by atoms with van der Waals surface area (Å²) in [7, 11) is 3.21. The van der Waals surface area contributed by atoms with E-state index >= 15 is 0 Å². The van der Waals surface area contributed by atoms with E-state index in [0.717, 1.165) is 30.5 Å². The maximum atomic E-state index is 11.4. The van der Waals surface area contributed by atoms with Gasteiger partial charge in [0.1, 0.15) is 0 Å². The lowest BCUT2D eigenvalue weighted by Gasteiger charge is -2.32. The van der Waals surface area contributed by atoms with E-state index in [1.807, 2.05) is 19.2 Å². The number of nitrogens with one attached hydrogen (secondary N) is 1. The molecule has 1 aliphatic heterocycles. The van der Waals surface area contributed by atoms with Gasteiger partial charge in [0.2, 0.25) is 0 Å². The predicted octanol–water partition coefficient (Wildman–Crippen LogP) is 2.90. The van der Waals surface area contributed by atoms with Crippen molar-refractivity contribution in [2.24, 2.45) is 10.9 Å². The van der Waals surface area contributed by atoms with Gasteiger partial charge in [-0.15, -0.1) is 24.0 Å². The summed E-state index contributed by atoms with van der Waals surface area (Å²) in [5, 5.41) is 3.39. The minimum atomic E-state index is -0.308. The monoisotopic (exact) mass is 431 g/mol. The molecule has 0 radical (unpaired) electrons. The number of nitrogens with zero attached hydrogens (tertiary/aromatic N) is 2. The number of esters is 1. The number of benzene rings is 1. The number of rotatable bonds is 3. The fourth-order valence-corrected chi connectivity index (χ4v) is 2.61. The lowest BCUT2D eigenvalue weighted by Crippen LogP contribution is -2.45. The first-order valence-electron chi connectivity index (χ1n) is 7.77. The molecule has 0 bridgehead atoms. The Morgan fingerprint density at radius 2 is 1.91 bits per heavy atom. The van der Waals surface area contributed by atoms with Crippen molar-refractivity contribution in [3.05, 3.63) is 35.4 Å². The summed E-state index contributed by atoms with van der Waals surface area (Å²) in [6.45, 7) is 5.11. The smallest absolute Gasteiger partial charge is 0.337 e. The van der Waals surface area contributed by atoms with E-state index in [0.29, 0.717) is 12.1 Å². The number of piperidine rings is 1. The van der Waals surface area contributed by atoms with Gasteiger partial charge in [0.05, 0.1) is 12.7 Å². The molecule has 1 heterocycles. The number of likely N-dealkylation sites (tertiary alicyclic amines) is 1. The molecule has 1 saturated heterocycles. The molecule has 6 heteroatoms. The summed E-state index contributed by atoms with van der Waals surface area (Å²) < 4.78 is 4.70. The summed E-state index contributed by atoms with van der Waals surface area (Å²) in [6.07, 6.45) is 2.43. The Labute approximate surface area is 155 Å². The van der Waals surface area contributed by atoms with E-state index in [1.54, 1.807) is 12.1 Å². The molecule has 0 unspecified atom stereocenters. The molecule has 128 valence electrons. The molecule has 0 saturated carbocycles. The highest BCUT2D eigenvalue weighted by molar-refractivity contribution is 14.0. The Balaban J connectivity index is 0.00000264. The van der Waals surface area contributed by atoms with Crippen LogP contribution in [0.3, 0.4) is 0 Å². The van der Waals surface area contributed by atoms with Crippen LogP contribution in [-0.4, -0.2) is 44.1 Å². The first-order chi connectivity index (χ1) is 10.6. The largest absolute Gasteiger partial charge is 0.465 e. The van der Waals surface area contributed by atoms with Crippen LogP contribution >= 0.6 is 24.0 Å². The quantitative estimate of drug-likeness (QED) is 0.346. The van der Waals surface area contributed by atoms with Crippen molar-refractivity contribution >= 4 is 35.9 Å². The third-order valence-electron chi connectivity index (χ3n) is 4.12. The van der Waals surface area contributed by atoms with Crippen LogP contribution in [0, 0.1) is 5.92 Å². The van der Waals surface area contributed by atoms with Crippen molar-refractivity contribution in [1.29, 1.82) is 0 Å². The molecule has 0 atom stereocenters. The maximum Gasteiger partial charge on any atom is 0.337 e. The van der Waals surface area contributed by atoms with Crippen LogP contribution in [-0.2, 0) is 11.3 Å². The SMILES string of the molecule is CN=C(NCc1ccc(C(=O)OC)cc1)N1CCC(C)CC1.I. The summed E-state index contributed by atoms with van der Waals surface area (Å²) in [5.41, 5.74) is 1.68. The molecule has 1 fully saturated rings. The third kappa shape index (κ3) is 5.67. The van der Waals surface area contributed by atoms with Crippen molar-refractivity contribution < 1.29 is 9.53 Å².